The number of hydrogen-bond acceptors (Lipinski definition) is 3. The molecule has 1 aliphatic heterocycles. The molecular formula is C11H15FN2O. The molecule has 0 unspecified atom stereocenters. The first-order valence-corrected chi connectivity index (χ1v) is 5.19. The molecule has 82 valence electrons. The molecule has 15 heavy (non-hydrogen) atoms. The van der Waals surface area contributed by atoms with Crippen LogP contribution in [0.25, 0.3) is 0 Å². The highest BCUT2D eigenvalue weighted by Gasteiger charge is 2.29. The molecule has 1 aliphatic rings. The quantitative estimate of drug-likeness (QED) is 0.807. The van der Waals surface area contributed by atoms with Crippen LogP contribution in [0.15, 0.2) is 18.3 Å². The predicted octanol–water partition coefficient (Wildman–Crippen LogP) is 1.74. The smallest absolute Gasteiger partial charge is 0.216 e. The van der Waals surface area contributed by atoms with Crippen LogP contribution in [-0.4, -0.2) is 23.7 Å². The fourth-order valence-corrected chi connectivity index (χ4v) is 1.75. The Morgan fingerprint density at radius 3 is 2.87 bits per heavy atom. The molecule has 0 spiro atoms. The van der Waals surface area contributed by atoms with Gasteiger partial charge in [0.05, 0.1) is 0 Å². The number of halogens is 1. The number of aromatic nitrogens is 1. The minimum atomic E-state index is -0.308. The van der Waals surface area contributed by atoms with Crippen molar-refractivity contribution in [2.75, 3.05) is 13.1 Å². The summed E-state index contributed by atoms with van der Waals surface area (Å²) in [7, 11) is 0. The van der Waals surface area contributed by atoms with Gasteiger partial charge in [0, 0.05) is 12.3 Å². The lowest BCUT2D eigenvalue weighted by molar-refractivity contribution is 0.0505. The van der Waals surface area contributed by atoms with E-state index in [-0.39, 0.29) is 11.4 Å². The van der Waals surface area contributed by atoms with E-state index < -0.39 is 0 Å². The summed E-state index contributed by atoms with van der Waals surface area (Å²) in [6, 6.07) is 2.64. The Bertz CT molecular complexity index is 337. The molecule has 1 aromatic heterocycles. The first-order chi connectivity index (χ1) is 7.18. The van der Waals surface area contributed by atoms with Crippen LogP contribution >= 0.6 is 0 Å². The van der Waals surface area contributed by atoms with E-state index >= 15 is 0 Å². The molecule has 3 nitrogen and oxygen atoms in total. The summed E-state index contributed by atoms with van der Waals surface area (Å²) >= 11 is 0. The second kappa shape index (κ2) is 4.14. The largest absolute Gasteiger partial charge is 0.471 e. The van der Waals surface area contributed by atoms with E-state index in [2.05, 4.69) is 10.3 Å². The molecule has 0 amide bonds. The average Bonchev–Trinajstić information content (AvgIpc) is 2.18. The lowest BCUT2D eigenvalue weighted by Crippen LogP contribution is -2.44. The van der Waals surface area contributed by atoms with Gasteiger partial charge >= 0.3 is 0 Å². The van der Waals surface area contributed by atoms with E-state index in [1.165, 1.54) is 18.3 Å². The predicted molar refractivity (Wildman–Crippen MR) is 55.3 cm³/mol. The van der Waals surface area contributed by atoms with E-state index in [9.17, 15) is 4.39 Å². The van der Waals surface area contributed by atoms with Crippen molar-refractivity contribution >= 4 is 0 Å². The zero-order chi connectivity index (χ0) is 10.7. The van der Waals surface area contributed by atoms with Crippen molar-refractivity contribution in [1.82, 2.24) is 10.3 Å². The van der Waals surface area contributed by atoms with Crippen LogP contribution < -0.4 is 10.1 Å². The molecule has 4 heteroatoms. The summed E-state index contributed by atoms with van der Waals surface area (Å²) in [5.41, 5.74) is -0.216. The van der Waals surface area contributed by atoms with Gasteiger partial charge in [-0.15, -0.1) is 0 Å². The maximum Gasteiger partial charge on any atom is 0.216 e. The van der Waals surface area contributed by atoms with Gasteiger partial charge in [0.15, 0.2) is 0 Å². The molecule has 1 N–H and O–H groups in total. The molecule has 1 aromatic rings. The molecule has 0 aromatic carbocycles. The highest BCUT2D eigenvalue weighted by Crippen LogP contribution is 2.24. The van der Waals surface area contributed by atoms with Crippen LogP contribution in [-0.2, 0) is 0 Å². The molecule has 0 aliphatic carbocycles. The number of ether oxygens (including phenoxy) is 1. The number of hydrogen-bond donors (Lipinski definition) is 1. The van der Waals surface area contributed by atoms with Crippen molar-refractivity contribution in [2.45, 2.75) is 25.4 Å². The monoisotopic (exact) mass is 210 g/mol. The molecule has 0 atom stereocenters. The standard InChI is InChI=1S/C11H15FN2O/c1-11(3-6-13-7-4-11)15-10-8-9(12)2-5-14-10/h2,5,8,13H,3-4,6-7H2,1H3. The fourth-order valence-electron chi connectivity index (χ4n) is 1.75. The van der Waals surface area contributed by atoms with Crippen molar-refractivity contribution in [2.24, 2.45) is 0 Å². The Morgan fingerprint density at radius 2 is 2.20 bits per heavy atom. The summed E-state index contributed by atoms with van der Waals surface area (Å²) < 4.78 is 18.6. The number of nitrogens with one attached hydrogen (secondary N) is 1. The van der Waals surface area contributed by atoms with Gasteiger partial charge < -0.3 is 10.1 Å². The Morgan fingerprint density at radius 1 is 1.47 bits per heavy atom. The van der Waals surface area contributed by atoms with Gasteiger partial charge in [-0.3, -0.25) is 0 Å². The Hall–Kier alpha value is -1.16. The second-order valence-corrected chi connectivity index (χ2v) is 4.11. The van der Waals surface area contributed by atoms with Gasteiger partial charge in [0.1, 0.15) is 11.4 Å². The Kier molecular flexibility index (Phi) is 2.86. The summed E-state index contributed by atoms with van der Waals surface area (Å²) in [5.74, 6) is 0.0666. The topological polar surface area (TPSA) is 34.1 Å². The minimum Gasteiger partial charge on any atom is -0.471 e. The molecule has 1 saturated heterocycles. The molecule has 2 rings (SSSR count). The molecule has 1 fully saturated rings. The van der Waals surface area contributed by atoms with Crippen LogP contribution in [0.4, 0.5) is 4.39 Å². The summed E-state index contributed by atoms with van der Waals surface area (Å²) in [6.07, 6.45) is 3.27. The first-order valence-electron chi connectivity index (χ1n) is 5.19. The lowest BCUT2D eigenvalue weighted by atomic mass is 9.95. The number of pyridine rings is 1. The number of piperidine rings is 1. The van der Waals surface area contributed by atoms with Gasteiger partial charge in [-0.25, -0.2) is 9.37 Å². The van der Waals surface area contributed by atoms with E-state index in [4.69, 9.17) is 4.74 Å². The second-order valence-electron chi connectivity index (χ2n) is 4.11. The minimum absolute atomic E-state index is 0.216. The zero-order valence-corrected chi connectivity index (χ0v) is 8.79. The van der Waals surface area contributed by atoms with Gasteiger partial charge in [0.2, 0.25) is 5.88 Å². The highest BCUT2D eigenvalue weighted by atomic mass is 19.1. The maximum atomic E-state index is 12.9. The molecule has 0 saturated carbocycles. The van der Waals surface area contributed by atoms with E-state index in [1.807, 2.05) is 6.92 Å². The average molecular weight is 210 g/mol. The van der Waals surface area contributed by atoms with Crippen molar-refractivity contribution < 1.29 is 9.13 Å². The Balaban J connectivity index is 2.06. The fraction of sp³-hybridized carbons (Fsp3) is 0.545. The molecule has 0 bridgehead atoms. The lowest BCUT2D eigenvalue weighted by Gasteiger charge is -2.34. The van der Waals surface area contributed by atoms with E-state index in [0.29, 0.717) is 5.88 Å². The Labute approximate surface area is 88.7 Å². The maximum absolute atomic E-state index is 12.9. The SMILES string of the molecule is CC1(Oc2cc(F)ccn2)CCNCC1. The highest BCUT2D eigenvalue weighted by molar-refractivity contribution is 5.12. The van der Waals surface area contributed by atoms with Crippen LogP contribution in [0, 0.1) is 5.82 Å². The molecular weight excluding hydrogens is 195 g/mol. The third kappa shape index (κ3) is 2.65. The first kappa shape index (κ1) is 10.4. The van der Waals surface area contributed by atoms with Crippen LogP contribution in [0.1, 0.15) is 19.8 Å². The zero-order valence-electron chi connectivity index (χ0n) is 8.79. The normalized spacial score (nSPS) is 19.9. The van der Waals surface area contributed by atoms with Gasteiger partial charge in [0.25, 0.3) is 0 Å². The number of nitrogens with zero attached hydrogens (tertiary/aromatic N) is 1. The van der Waals surface area contributed by atoms with Crippen LogP contribution in [0.2, 0.25) is 0 Å². The summed E-state index contributed by atoms with van der Waals surface area (Å²) in [5, 5.41) is 3.26. The van der Waals surface area contributed by atoms with Crippen molar-refractivity contribution in [3.8, 4) is 5.88 Å². The van der Waals surface area contributed by atoms with Gasteiger partial charge in [-0.2, -0.15) is 0 Å². The third-order valence-corrected chi connectivity index (χ3v) is 2.71. The third-order valence-electron chi connectivity index (χ3n) is 2.71. The van der Waals surface area contributed by atoms with Crippen molar-refractivity contribution in [1.29, 1.82) is 0 Å². The van der Waals surface area contributed by atoms with Gasteiger partial charge in [-0.1, -0.05) is 0 Å². The van der Waals surface area contributed by atoms with Crippen molar-refractivity contribution in [3.05, 3.63) is 24.1 Å². The van der Waals surface area contributed by atoms with E-state index in [1.54, 1.807) is 0 Å². The van der Waals surface area contributed by atoms with E-state index in [0.717, 1.165) is 25.9 Å². The van der Waals surface area contributed by atoms with Crippen molar-refractivity contribution in [3.63, 3.8) is 0 Å². The molecule has 2 heterocycles. The van der Waals surface area contributed by atoms with Crippen LogP contribution in [0.3, 0.4) is 0 Å². The van der Waals surface area contributed by atoms with Gasteiger partial charge in [-0.05, 0) is 38.9 Å². The van der Waals surface area contributed by atoms with Crippen LogP contribution in [0.5, 0.6) is 5.88 Å². The summed E-state index contributed by atoms with van der Waals surface area (Å²) in [4.78, 5) is 4.00. The summed E-state index contributed by atoms with van der Waals surface area (Å²) in [6.45, 7) is 3.91. The molecule has 0 radical (unpaired) electrons. The number of rotatable bonds is 2.